The number of piperazine rings is 1. The molecule has 1 atom stereocenters. The highest BCUT2D eigenvalue weighted by Gasteiger charge is 2.17. The maximum atomic E-state index is 5.87. The molecule has 0 bridgehead atoms. The summed E-state index contributed by atoms with van der Waals surface area (Å²) in [6, 6.07) is 7.04. The number of nitrogens with two attached hydrogens (primary N) is 1. The van der Waals surface area contributed by atoms with Crippen molar-refractivity contribution >= 4 is 5.69 Å². The lowest BCUT2D eigenvalue weighted by molar-refractivity contribution is 0.271. The summed E-state index contributed by atoms with van der Waals surface area (Å²) in [6.45, 7) is 12.3. The molecule has 1 aliphatic heterocycles. The predicted octanol–water partition coefficient (Wildman–Crippen LogP) is 2.03. The first-order valence-corrected chi connectivity index (χ1v) is 7.42. The average molecular weight is 261 g/mol. The molecule has 1 aromatic carbocycles. The third-order valence-corrected chi connectivity index (χ3v) is 3.98. The predicted molar refractivity (Wildman–Crippen MR) is 82.9 cm³/mol. The molecule has 0 radical (unpaired) electrons. The lowest BCUT2D eigenvalue weighted by atomic mass is 10.0. The van der Waals surface area contributed by atoms with Crippen LogP contribution in [0.2, 0.25) is 0 Å². The second-order valence-electron chi connectivity index (χ2n) is 5.72. The minimum atomic E-state index is 0.235. The van der Waals surface area contributed by atoms with Gasteiger partial charge in [0.05, 0.1) is 0 Å². The van der Waals surface area contributed by atoms with Crippen LogP contribution in [0.5, 0.6) is 0 Å². The third-order valence-electron chi connectivity index (χ3n) is 3.98. The summed E-state index contributed by atoms with van der Waals surface area (Å²) < 4.78 is 0. The molecular formula is C16H27N3. The van der Waals surface area contributed by atoms with Crippen LogP contribution < -0.4 is 10.6 Å². The highest BCUT2D eigenvalue weighted by atomic mass is 15.3. The molecule has 0 aliphatic carbocycles. The number of hydrogen-bond donors (Lipinski definition) is 1. The molecule has 0 saturated carbocycles. The van der Waals surface area contributed by atoms with E-state index < -0.39 is 0 Å². The lowest BCUT2D eigenvalue weighted by Crippen LogP contribution is -2.46. The molecule has 1 aromatic rings. The molecule has 2 rings (SSSR count). The number of likely N-dealkylation sites (N-methyl/N-ethyl adjacent to an activating group) is 1. The highest BCUT2D eigenvalue weighted by Crippen LogP contribution is 2.23. The van der Waals surface area contributed by atoms with Crippen LogP contribution in [0.4, 0.5) is 5.69 Å². The van der Waals surface area contributed by atoms with Gasteiger partial charge in [-0.05, 0) is 44.0 Å². The van der Waals surface area contributed by atoms with Crippen LogP contribution >= 0.6 is 0 Å². The third kappa shape index (κ3) is 3.71. The van der Waals surface area contributed by atoms with Crippen molar-refractivity contribution in [3.8, 4) is 0 Å². The van der Waals surface area contributed by atoms with E-state index >= 15 is 0 Å². The van der Waals surface area contributed by atoms with Crippen molar-refractivity contribution in [2.75, 3.05) is 37.6 Å². The number of rotatable bonds is 4. The van der Waals surface area contributed by atoms with Gasteiger partial charge in [0, 0.05) is 37.9 Å². The SMILES string of the molecule is CCN1CCN(c2ccc(CC(C)N)cc2C)CC1. The normalized spacial score (nSPS) is 18.6. The monoisotopic (exact) mass is 261 g/mol. The maximum absolute atomic E-state index is 5.87. The van der Waals surface area contributed by atoms with E-state index in [0.29, 0.717) is 0 Å². The summed E-state index contributed by atoms with van der Waals surface area (Å²) in [5.41, 5.74) is 9.99. The van der Waals surface area contributed by atoms with E-state index in [1.165, 1.54) is 36.4 Å². The van der Waals surface area contributed by atoms with Gasteiger partial charge in [0.1, 0.15) is 0 Å². The minimum Gasteiger partial charge on any atom is -0.369 e. The van der Waals surface area contributed by atoms with Gasteiger partial charge >= 0.3 is 0 Å². The second-order valence-corrected chi connectivity index (χ2v) is 5.72. The van der Waals surface area contributed by atoms with Crippen molar-refractivity contribution in [3.05, 3.63) is 29.3 Å². The summed E-state index contributed by atoms with van der Waals surface area (Å²) in [5.74, 6) is 0. The van der Waals surface area contributed by atoms with Crippen molar-refractivity contribution in [1.82, 2.24) is 4.90 Å². The Morgan fingerprint density at radius 3 is 2.42 bits per heavy atom. The van der Waals surface area contributed by atoms with Gasteiger partial charge in [-0.25, -0.2) is 0 Å². The minimum absolute atomic E-state index is 0.235. The quantitative estimate of drug-likeness (QED) is 0.900. The smallest absolute Gasteiger partial charge is 0.0397 e. The molecule has 1 aliphatic rings. The first kappa shape index (κ1) is 14.4. The lowest BCUT2D eigenvalue weighted by Gasteiger charge is -2.36. The molecule has 0 aromatic heterocycles. The van der Waals surface area contributed by atoms with Crippen LogP contribution in [0.15, 0.2) is 18.2 Å². The number of hydrogen-bond acceptors (Lipinski definition) is 3. The fourth-order valence-corrected chi connectivity index (χ4v) is 2.88. The molecule has 3 heteroatoms. The topological polar surface area (TPSA) is 32.5 Å². The van der Waals surface area contributed by atoms with Gasteiger partial charge in [-0.2, -0.15) is 0 Å². The van der Waals surface area contributed by atoms with E-state index in [1.54, 1.807) is 0 Å². The van der Waals surface area contributed by atoms with Crippen LogP contribution in [0.25, 0.3) is 0 Å². The summed E-state index contributed by atoms with van der Waals surface area (Å²) in [4.78, 5) is 5.02. The largest absolute Gasteiger partial charge is 0.369 e. The molecular weight excluding hydrogens is 234 g/mol. The summed E-state index contributed by atoms with van der Waals surface area (Å²) in [5, 5.41) is 0. The first-order chi connectivity index (χ1) is 9.10. The van der Waals surface area contributed by atoms with Crippen LogP contribution in [0.3, 0.4) is 0 Å². The van der Waals surface area contributed by atoms with E-state index in [-0.39, 0.29) is 6.04 Å². The van der Waals surface area contributed by atoms with E-state index in [0.717, 1.165) is 19.5 Å². The Bertz CT molecular complexity index is 406. The second kappa shape index (κ2) is 6.40. The molecule has 0 spiro atoms. The van der Waals surface area contributed by atoms with E-state index in [9.17, 15) is 0 Å². The van der Waals surface area contributed by atoms with Gasteiger partial charge in [0.25, 0.3) is 0 Å². The van der Waals surface area contributed by atoms with Gasteiger partial charge in [-0.1, -0.05) is 19.1 Å². The van der Waals surface area contributed by atoms with Crippen molar-refractivity contribution < 1.29 is 0 Å². The molecule has 2 N–H and O–H groups in total. The van der Waals surface area contributed by atoms with E-state index in [4.69, 9.17) is 5.73 Å². The van der Waals surface area contributed by atoms with Crippen LogP contribution in [0, 0.1) is 6.92 Å². The van der Waals surface area contributed by atoms with Crippen molar-refractivity contribution in [3.63, 3.8) is 0 Å². The van der Waals surface area contributed by atoms with Crippen molar-refractivity contribution in [1.29, 1.82) is 0 Å². The molecule has 1 fully saturated rings. The molecule has 1 saturated heterocycles. The molecule has 106 valence electrons. The van der Waals surface area contributed by atoms with Crippen molar-refractivity contribution in [2.45, 2.75) is 33.2 Å². The van der Waals surface area contributed by atoms with Crippen LogP contribution in [-0.4, -0.2) is 43.7 Å². The molecule has 3 nitrogen and oxygen atoms in total. The Morgan fingerprint density at radius 2 is 1.89 bits per heavy atom. The van der Waals surface area contributed by atoms with Crippen molar-refractivity contribution in [2.24, 2.45) is 5.73 Å². The average Bonchev–Trinajstić information content (AvgIpc) is 2.38. The number of nitrogens with zero attached hydrogens (tertiary/aromatic N) is 2. The zero-order valence-electron chi connectivity index (χ0n) is 12.5. The fraction of sp³-hybridized carbons (Fsp3) is 0.625. The Hall–Kier alpha value is -1.06. The number of anilines is 1. The van der Waals surface area contributed by atoms with E-state index in [2.05, 4.69) is 48.8 Å². The number of benzene rings is 1. The van der Waals surface area contributed by atoms with Gasteiger partial charge in [-0.15, -0.1) is 0 Å². The Balaban J connectivity index is 2.05. The van der Waals surface area contributed by atoms with Gasteiger partial charge < -0.3 is 15.5 Å². The van der Waals surface area contributed by atoms with E-state index in [1.807, 2.05) is 0 Å². The zero-order valence-corrected chi connectivity index (χ0v) is 12.5. The summed E-state index contributed by atoms with van der Waals surface area (Å²) in [7, 11) is 0. The molecule has 0 amide bonds. The summed E-state index contributed by atoms with van der Waals surface area (Å²) in [6.07, 6.45) is 0.963. The first-order valence-electron chi connectivity index (χ1n) is 7.42. The Morgan fingerprint density at radius 1 is 1.21 bits per heavy atom. The van der Waals surface area contributed by atoms with Gasteiger partial charge in [0.15, 0.2) is 0 Å². The van der Waals surface area contributed by atoms with Gasteiger partial charge in [0.2, 0.25) is 0 Å². The Labute approximate surface area is 117 Å². The van der Waals surface area contributed by atoms with Gasteiger partial charge in [-0.3, -0.25) is 0 Å². The maximum Gasteiger partial charge on any atom is 0.0397 e. The highest BCUT2D eigenvalue weighted by molar-refractivity contribution is 5.55. The fourth-order valence-electron chi connectivity index (χ4n) is 2.88. The molecule has 1 unspecified atom stereocenters. The Kier molecular flexibility index (Phi) is 4.83. The van der Waals surface area contributed by atoms with Crippen LogP contribution in [0.1, 0.15) is 25.0 Å². The molecule has 1 heterocycles. The standard InChI is InChI=1S/C16H27N3/c1-4-18-7-9-19(10-8-18)16-6-5-15(11-13(16)2)12-14(3)17/h5-6,11,14H,4,7-10,12,17H2,1-3H3. The van der Waals surface area contributed by atoms with Crippen LogP contribution in [-0.2, 0) is 6.42 Å². The molecule has 19 heavy (non-hydrogen) atoms. The summed E-state index contributed by atoms with van der Waals surface area (Å²) >= 11 is 0. The zero-order chi connectivity index (χ0) is 13.8. The number of aryl methyl sites for hydroxylation is 1.